The van der Waals surface area contributed by atoms with Gasteiger partial charge < -0.3 is 10.8 Å². The van der Waals surface area contributed by atoms with E-state index >= 15 is 0 Å². The fourth-order valence-corrected chi connectivity index (χ4v) is 2.54. The quantitative estimate of drug-likeness (QED) is 0.786. The Balaban J connectivity index is 2.33. The molecule has 0 heterocycles. The van der Waals surface area contributed by atoms with Crippen LogP contribution in [0.4, 0.5) is 0 Å². The van der Waals surface area contributed by atoms with Crippen LogP contribution in [-0.2, 0) is 5.60 Å². The van der Waals surface area contributed by atoms with Gasteiger partial charge in [0.1, 0.15) is 5.60 Å². The lowest BCUT2D eigenvalue weighted by Crippen LogP contribution is -2.37. The second kappa shape index (κ2) is 5.48. The first kappa shape index (κ1) is 12.3. The molecule has 1 unspecified atom stereocenters. The summed E-state index contributed by atoms with van der Waals surface area (Å²) in [5.41, 5.74) is 6.88. The molecule has 0 aromatic heterocycles. The average Bonchev–Trinajstić information content (AvgIpc) is 2.68. The van der Waals surface area contributed by atoms with E-state index in [1.54, 1.807) is 0 Å². The molecule has 0 fully saturated rings. The zero-order chi connectivity index (χ0) is 12.1. The Kier molecular flexibility index (Phi) is 3.97. The monoisotopic (exact) mass is 231 g/mol. The molecule has 92 valence electrons. The van der Waals surface area contributed by atoms with Crippen LogP contribution in [-0.4, -0.2) is 11.7 Å². The molecule has 0 radical (unpaired) electrons. The van der Waals surface area contributed by atoms with E-state index in [0.29, 0.717) is 0 Å². The van der Waals surface area contributed by atoms with Crippen LogP contribution in [0.5, 0.6) is 0 Å². The van der Waals surface area contributed by atoms with Crippen LogP contribution in [0.1, 0.15) is 37.7 Å². The average molecular weight is 231 g/mol. The largest absolute Gasteiger partial charge is 0.379 e. The third-order valence-electron chi connectivity index (χ3n) is 3.62. The SMILES string of the molecule is NCC(O)(C1=CCCCCC1)c1ccccc1. The molecule has 2 heteroatoms. The van der Waals surface area contributed by atoms with Crippen molar-refractivity contribution in [3.63, 3.8) is 0 Å². The van der Waals surface area contributed by atoms with Crippen molar-refractivity contribution in [2.75, 3.05) is 6.54 Å². The number of hydrogen-bond donors (Lipinski definition) is 2. The highest BCUT2D eigenvalue weighted by Gasteiger charge is 2.31. The van der Waals surface area contributed by atoms with Gasteiger partial charge >= 0.3 is 0 Å². The molecule has 17 heavy (non-hydrogen) atoms. The predicted octanol–water partition coefficient (Wildman–Crippen LogP) is 2.72. The lowest BCUT2D eigenvalue weighted by molar-refractivity contribution is 0.0814. The van der Waals surface area contributed by atoms with Crippen LogP contribution in [0.15, 0.2) is 42.0 Å². The van der Waals surface area contributed by atoms with Gasteiger partial charge in [0.15, 0.2) is 0 Å². The molecular formula is C15H21NO. The maximum Gasteiger partial charge on any atom is 0.123 e. The number of allylic oxidation sites excluding steroid dienone is 1. The summed E-state index contributed by atoms with van der Waals surface area (Å²) in [6.45, 7) is 0.253. The highest BCUT2D eigenvalue weighted by Crippen LogP contribution is 2.34. The zero-order valence-electron chi connectivity index (χ0n) is 10.2. The Morgan fingerprint density at radius 3 is 2.59 bits per heavy atom. The van der Waals surface area contributed by atoms with Crippen LogP contribution >= 0.6 is 0 Å². The Hall–Kier alpha value is -1.12. The third-order valence-corrected chi connectivity index (χ3v) is 3.62. The summed E-state index contributed by atoms with van der Waals surface area (Å²) < 4.78 is 0. The van der Waals surface area contributed by atoms with Gasteiger partial charge in [-0.15, -0.1) is 0 Å². The van der Waals surface area contributed by atoms with E-state index in [-0.39, 0.29) is 6.54 Å². The van der Waals surface area contributed by atoms with Gasteiger partial charge in [0.2, 0.25) is 0 Å². The minimum Gasteiger partial charge on any atom is -0.379 e. The molecule has 2 nitrogen and oxygen atoms in total. The van der Waals surface area contributed by atoms with Gasteiger partial charge in [-0.3, -0.25) is 0 Å². The zero-order valence-corrected chi connectivity index (χ0v) is 10.2. The summed E-state index contributed by atoms with van der Waals surface area (Å²) in [4.78, 5) is 0. The summed E-state index contributed by atoms with van der Waals surface area (Å²) in [6.07, 6.45) is 7.83. The summed E-state index contributed by atoms with van der Waals surface area (Å²) in [7, 11) is 0. The molecule has 0 amide bonds. The summed E-state index contributed by atoms with van der Waals surface area (Å²) in [5.74, 6) is 0. The molecule has 0 aliphatic heterocycles. The molecule has 1 atom stereocenters. The predicted molar refractivity (Wildman–Crippen MR) is 70.6 cm³/mol. The first-order valence-corrected chi connectivity index (χ1v) is 6.45. The van der Waals surface area contributed by atoms with E-state index in [4.69, 9.17) is 5.73 Å². The molecule has 3 N–H and O–H groups in total. The van der Waals surface area contributed by atoms with Gasteiger partial charge in [-0.05, 0) is 36.8 Å². The van der Waals surface area contributed by atoms with Crippen LogP contribution in [0, 0.1) is 0 Å². The Bertz CT molecular complexity index is 385. The fraction of sp³-hybridized carbons (Fsp3) is 0.467. The Morgan fingerprint density at radius 1 is 1.12 bits per heavy atom. The van der Waals surface area contributed by atoms with Crippen molar-refractivity contribution < 1.29 is 5.11 Å². The van der Waals surface area contributed by atoms with E-state index in [1.807, 2.05) is 30.3 Å². The van der Waals surface area contributed by atoms with Crippen LogP contribution in [0.25, 0.3) is 0 Å². The minimum absolute atomic E-state index is 0.253. The van der Waals surface area contributed by atoms with Crippen molar-refractivity contribution in [2.45, 2.75) is 37.7 Å². The lowest BCUT2D eigenvalue weighted by Gasteiger charge is -2.30. The van der Waals surface area contributed by atoms with E-state index in [1.165, 1.54) is 12.8 Å². The first-order chi connectivity index (χ1) is 8.27. The molecule has 0 bridgehead atoms. The van der Waals surface area contributed by atoms with E-state index in [9.17, 15) is 5.11 Å². The number of nitrogens with two attached hydrogens (primary N) is 1. The Labute approximate surface area is 103 Å². The molecular weight excluding hydrogens is 210 g/mol. The van der Waals surface area contributed by atoms with Crippen molar-refractivity contribution in [3.8, 4) is 0 Å². The van der Waals surface area contributed by atoms with E-state index in [0.717, 1.165) is 30.4 Å². The molecule has 0 saturated carbocycles. The molecule has 0 spiro atoms. The molecule has 1 aliphatic carbocycles. The topological polar surface area (TPSA) is 46.2 Å². The molecule has 1 aliphatic rings. The van der Waals surface area contributed by atoms with Crippen molar-refractivity contribution in [1.82, 2.24) is 0 Å². The highest BCUT2D eigenvalue weighted by atomic mass is 16.3. The highest BCUT2D eigenvalue weighted by molar-refractivity contribution is 5.33. The smallest absolute Gasteiger partial charge is 0.123 e. The summed E-state index contributed by atoms with van der Waals surface area (Å²) >= 11 is 0. The molecule has 1 aromatic carbocycles. The minimum atomic E-state index is -0.967. The summed E-state index contributed by atoms with van der Waals surface area (Å²) in [6, 6.07) is 9.78. The van der Waals surface area contributed by atoms with Gasteiger partial charge in [-0.1, -0.05) is 42.8 Å². The molecule has 0 saturated heterocycles. The summed E-state index contributed by atoms with van der Waals surface area (Å²) in [5, 5.41) is 10.8. The Morgan fingerprint density at radius 2 is 1.88 bits per heavy atom. The van der Waals surface area contributed by atoms with Crippen LogP contribution in [0.3, 0.4) is 0 Å². The first-order valence-electron chi connectivity index (χ1n) is 6.45. The lowest BCUT2D eigenvalue weighted by atomic mass is 9.83. The number of aliphatic hydroxyl groups is 1. The second-order valence-corrected chi connectivity index (χ2v) is 4.76. The standard InChI is InChI=1S/C15H21NO/c16-12-15(17,14-10-6-3-7-11-14)13-8-4-1-2-5-9-13/h3,6-8,10-11,17H,1-2,4-5,9,12,16H2. The van der Waals surface area contributed by atoms with Crippen molar-refractivity contribution in [2.24, 2.45) is 5.73 Å². The van der Waals surface area contributed by atoms with Crippen molar-refractivity contribution in [3.05, 3.63) is 47.5 Å². The van der Waals surface area contributed by atoms with E-state index in [2.05, 4.69) is 6.08 Å². The maximum absolute atomic E-state index is 10.8. The molecule has 1 aromatic rings. The van der Waals surface area contributed by atoms with Gasteiger partial charge in [0.05, 0.1) is 0 Å². The normalized spacial score (nSPS) is 20.2. The van der Waals surface area contributed by atoms with Crippen molar-refractivity contribution in [1.29, 1.82) is 0 Å². The van der Waals surface area contributed by atoms with Crippen molar-refractivity contribution >= 4 is 0 Å². The fourth-order valence-electron chi connectivity index (χ4n) is 2.54. The maximum atomic E-state index is 10.8. The van der Waals surface area contributed by atoms with E-state index < -0.39 is 5.60 Å². The number of benzene rings is 1. The van der Waals surface area contributed by atoms with Gasteiger partial charge in [-0.2, -0.15) is 0 Å². The number of hydrogen-bond acceptors (Lipinski definition) is 2. The van der Waals surface area contributed by atoms with Gasteiger partial charge in [0, 0.05) is 6.54 Å². The molecule has 2 rings (SSSR count). The third kappa shape index (κ3) is 2.59. The number of rotatable bonds is 3. The van der Waals surface area contributed by atoms with Gasteiger partial charge in [-0.25, -0.2) is 0 Å². The van der Waals surface area contributed by atoms with Crippen LogP contribution < -0.4 is 5.73 Å². The second-order valence-electron chi connectivity index (χ2n) is 4.76. The van der Waals surface area contributed by atoms with Crippen LogP contribution in [0.2, 0.25) is 0 Å². The van der Waals surface area contributed by atoms with Gasteiger partial charge in [0.25, 0.3) is 0 Å².